The molecule has 5 N–H and O–H groups in total. The van der Waals surface area contributed by atoms with E-state index in [1.165, 1.54) is 71.3 Å². The number of ether oxygens (including phenoxy) is 1. The van der Waals surface area contributed by atoms with Crippen LogP contribution in [0.4, 0.5) is 0 Å². The Morgan fingerprint density at radius 1 is 0.913 bits per heavy atom. The number of amides is 1. The second kappa shape index (κ2) is 16.4. The van der Waals surface area contributed by atoms with Crippen LogP contribution < -0.4 is 21.7 Å². The number of benzene rings is 1. The molecule has 0 radical (unpaired) electrons. The largest absolute Gasteiger partial charge is 0.467 e. The van der Waals surface area contributed by atoms with E-state index in [4.69, 9.17) is 10.5 Å². The summed E-state index contributed by atoms with van der Waals surface area (Å²) in [4.78, 5) is 25.4. The lowest BCUT2D eigenvalue weighted by molar-refractivity contribution is -0.145. The van der Waals surface area contributed by atoms with Crippen LogP contribution in [-0.2, 0) is 20.7 Å². The number of carbonyl (C=O) groups is 2. The van der Waals surface area contributed by atoms with Gasteiger partial charge in [-0.1, -0.05) is 44.2 Å². The maximum absolute atomic E-state index is 13.0. The summed E-state index contributed by atoms with van der Waals surface area (Å²) in [5, 5.41) is 10.4. The van der Waals surface area contributed by atoms with Crippen molar-refractivity contribution in [3.63, 3.8) is 0 Å². The molecule has 4 fully saturated rings. The number of esters is 1. The first-order valence-electron chi connectivity index (χ1n) is 18.8. The molecule has 0 saturated heterocycles. The first kappa shape index (κ1) is 35.3. The molecule has 1 aromatic rings. The summed E-state index contributed by atoms with van der Waals surface area (Å²) in [5.74, 6) is 3.79. The maximum atomic E-state index is 13.0. The Balaban J connectivity index is 1.08. The van der Waals surface area contributed by atoms with Gasteiger partial charge in [0.1, 0.15) is 6.04 Å². The maximum Gasteiger partial charge on any atom is 0.328 e. The molecule has 258 valence electrons. The molecule has 7 nitrogen and oxygen atoms in total. The molecule has 46 heavy (non-hydrogen) atoms. The third-order valence-electron chi connectivity index (χ3n) is 13.4. The summed E-state index contributed by atoms with van der Waals surface area (Å²) in [6.45, 7) is 9.31. The Kier molecular flexibility index (Phi) is 12.6. The molecule has 1 amide bonds. The number of rotatable bonds is 16. The van der Waals surface area contributed by atoms with Gasteiger partial charge in [0.25, 0.3) is 0 Å². The first-order chi connectivity index (χ1) is 22.3. The second-order valence-electron chi connectivity index (χ2n) is 15.9. The molecule has 9 unspecified atom stereocenters. The van der Waals surface area contributed by atoms with Gasteiger partial charge in [-0.2, -0.15) is 0 Å². The van der Waals surface area contributed by atoms with E-state index in [-0.39, 0.29) is 11.9 Å². The smallest absolute Gasteiger partial charge is 0.328 e. The summed E-state index contributed by atoms with van der Waals surface area (Å²) in [6, 6.07) is 9.89. The van der Waals surface area contributed by atoms with Crippen LogP contribution in [0.5, 0.6) is 0 Å². The lowest BCUT2D eigenvalue weighted by Gasteiger charge is -2.61. The Bertz CT molecular complexity index is 1120. The Labute approximate surface area is 279 Å². The average Bonchev–Trinajstić information content (AvgIpc) is 3.40. The molecule has 0 spiro atoms. The van der Waals surface area contributed by atoms with Crippen molar-refractivity contribution in [2.75, 3.05) is 33.3 Å². The highest BCUT2D eigenvalue weighted by atomic mass is 16.5. The number of methoxy groups -OCH3 is 1. The third kappa shape index (κ3) is 8.18. The predicted octanol–water partition coefficient (Wildman–Crippen LogP) is 6.00. The summed E-state index contributed by atoms with van der Waals surface area (Å²) in [5.41, 5.74) is 7.55. The number of nitrogens with two attached hydrogens (primary N) is 1. The standard InChI is InChI=1S/C39H64N4O3/c1-38-21-19-34-32(16-14-30-27-31(18-20-39(30,34)2)42-25-9-24-41-23-8-22-40)33(38)17-15-29(38)12-7-13-36(44)43-35(37(45)46-3)26-28-10-5-4-6-11-28/h4-6,10-11,29-35,41-42H,7-9,12-27,40H2,1-3H3,(H,43,44). The number of hydrogen-bond acceptors (Lipinski definition) is 6. The normalized spacial score (nSPS) is 34.2. The molecular formula is C39H64N4O3. The zero-order valence-electron chi connectivity index (χ0n) is 29.2. The zero-order valence-corrected chi connectivity index (χ0v) is 29.2. The van der Waals surface area contributed by atoms with E-state index < -0.39 is 6.04 Å². The van der Waals surface area contributed by atoms with Crippen LogP contribution >= 0.6 is 0 Å². The average molecular weight is 637 g/mol. The van der Waals surface area contributed by atoms with E-state index in [1.807, 2.05) is 30.3 Å². The third-order valence-corrected chi connectivity index (χ3v) is 13.4. The van der Waals surface area contributed by atoms with Gasteiger partial charge in [-0.15, -0.1) is 0 Å². The molecule has 4 aliphatic carbocycles. The van der Waals surface area contributed by atoms with E-state index in [2.05, 4.69) is 29.8 Å². The van der Waals surface area contributed by atoms with Crippen molar-refractivity contribution in [2.45, 2.75) is 122 Å². The highest BCUT2D eigenvalue weighted by Crippen LogP contribution is 2.67. The molecule has 0 aromatic heterocycles. The van der Waals surface area contributed by atoms with Crippen molar-refractivity contribution in [2.24, 2.45) is 46.2 Å². The van der Waals surface area contributed by atoms with E-state index >= 15 is 0 Å². The summed E-state index contributed by atoms with van der Waals surface area (Å²) < 4.78 is 5.00. The molecular weight excluding hydrogens is 572 g/mol. The topological polar surface area (TPSA) is 105 Å². The molecule has 0 bridgehead atoms. The number of hydrogen-bond donors (Lipinski definition) is 4. The minimum Gasteiger partial charge on any atom is -0.467 e. The van der Waals surface area contributed by atoms with Crippen molar-refractivity contribution in [1.29, 1.82) is 0 Å². The van der Waals surface area contributed by atoms with Crippen LogP contribution in [-0.4, -0.2) is 57.2 Å². The predicted molar refractivity (Wildman–Crippen MR) is 186 cm³/mol. The van der Waals surface area contributed by atoms with Gasteiger partial charge in [0, 0.05) is 18.9 Å². The van der Waals surface area contributed by atoms with Crippen LogP contribution in [0.3, 0.4) is 0 Å². The summed E-state index contributed by atoms with van der Waals surface area (Å²) in [7, 11) is 1.39. The van der Waals surface area contributed by atoms with Gasteiger partial charge in [-0.3, -0.25) is 4.79 Å². The highest BCUT2D eigenvalue weighted by Gasteiger charge is 2.59. The SMILES string of the molecule is COC(=O)C(Cc1ccccc1)NC(=O)CCCC1CCC2C3CCC4CC(NCCCNCCCN)CCC4(C)C3CCC12C. The van der Waals surface area contributed by atoms with Crippen LogP contribution in [0.2, 0.25) is 0 Å². The zero-order chi connectivity index (χ0) is 32.6. The molecule has 5 rings (SSSR count). The molecule has 1 aromatic carbocycles. The Morgan fingerprint density at radius 3 is 2.46 bits per heavy atom. The lowest BCUT2D eigenvalue weighted by atomic mass is 9.44. The van der Waals surface area contributed by atoms with Gasteiger partial charge < -0.3 is 26.4 Å². The summed E-state index contributed by atoms with van der Waals surface area (Å²) >= 11 is 0. The van der Waals surface area contributed by atoms with Crippen LogP contribution in [0.1, 0.15) is 109 Å². The van der Waals surface area contributed by atoms with Crippen LogP contribution in [0.25, 0.3) is 0 Å². The van der Waals surface area contributed by atoms with E-state index in [1.54, 1.807) is 0 Å². The monoisotopic (exact) mass is 636 g/mol. The van der Waals surface area contributed by atoms with Gasteiger partial charge in [0.15, 0.2) is 0 Å². The van der Waals surface area contributed by atoms with Crippen molar-refractivity contribution < 1.29 is 14.3 Å². The molecule has 7 heteroatoms. The van der Waals surface area contributed by atoms with Crippen molar-refractivity contribution in [3.05, 3.63) is 35.9 Å². The van der Waals surface area contributed by atoms with E-state index in [0.29, 0.717) is 35.6 Å². The molecule has 0 aliphatic heterocycles. The fourth-order valence-corrected chi connectivity index (χ4v) is 10.9. The number of fused-ring (bicyclic) bond motifs is 5. The lowest BCUT2D eigenvalue weighted by Crippen LogP contribution is -2.55. The minimum atomic E-state index is -0.639. The van der Waals surface area contributed by atoms with E-state index in [0.717, 1.165) is 74.7 Å². The number of nitrogens with one attached hydrogen (secondary N) is 3. The van der Waals surface area contributed by atoms with E-state index in [9.17, 15) is 9.59 Å². The molecule has 4 aliphatic rings. The van der Waals surface area contributed by atoms with Gasteiger partial charge in [-0.05, 0) is 156 Å². The Morgan fingerprint density at radius 2 is 1.67 bits per heavy atom. The first-order valence-corrected chi connectivity index (χ1v) is 18.8. The fourth-order valence-electron chi connectivity index (χ4n) is 10.9. The molecule has 0 heterocycles. The van der Waals surface area contributed by atoms with Crippen molar-refractivity contribution >= 4 is 11.9 Å². The van der Waals surface area contributed by atoms with Gasteiger partial charge in [0.05, 0.1) is 7.11 Å². The quantitative estimate of drug-likeness (QED) is 0.131. The molecule has 4 saturated carbocycles. The highest BCUT2D eigenvalue weighted by molar-refractivity contribution is 5.84. The van der Waals surface area contributed by atoms with Gasteiger partial charge in [0.2, 0.25) is 5.91 Å². The Hall–Kier alpha value is -1.96. The summed E-state index contributed by atoms with van der Waals surface area (Å²) in [6.07, 6.45) is 17.6. The second-order valence-corrected chi connectivity index (χ2v) is 15.9. The van der Waals surface area contributed by atoms with Crippen molar-refractivity contribution in [3.8, 4) is 0 Å². The fraction of sp³-hybridized carbons (Fsp3) is 0.795. The molecule has 9 atom stereocenters. The van der Waals surface area contributed by atoms with Crippen molar-refractivity contribution in [1.82, 2.24) is 16.0 Å². The van der Waals surface area contributed by atoms with Gasteiger partial charge >= 0.3 is 5.97 Å². The van der Waals surface area contributed by atoms with Crippen LogP contribution in [0, 0.1) is 40.4 Å². The van der Waals surface area contributed by atoms with Gasteiger partial charge in [-0.25, -0.2) is 4.79 Å². The van der Waals surface area contributed by atoms with Crippen LogP contribution in [0.15, 0.2) is 30.3 Å². The number of carbonyl (C=O) groups excluding carboxylic acids is 2. The minimum absolute atomic E-state index is 0.0368.